The van der Waals surface area contributed by atoms with Crippen molar-refractivity contribution in [2.45, 2.75) is 41.6 Å². The molecule has 174 valence electrons. The molecule has 1 saturated carbocycles. The van der Waals surface area contributed by atoms with Crippen LogP contribution in [0.25, 0.3) is 0 Å². The fourth-order valence-corrected chi connectivity index (χ4v) is 5.85. The number of aliphatic hydroxyl groups is 2. The average molecular weight is 490 g/mol. The smallest absolute Gasteiger partial charge is 0.255 e. The van der Waals surface area contributed by atoms with Crippen molar-refractivity contribution in [3.8, 4) is 0 Å². The van der Waals surface area contributed by atoms with Crippen molar-refractivity contribution in [2.24, 2.45) is 0 Å². The molecule has 32 heavy (non-hydrogen) atoms. The van der Waals surface area contributed by atoms with Gasteiger partial charge in [0.05, 0.1) is 40.1 Å². The SMILES string of the molecule is CC(O)COCC1(O)CC(S(=O)(=O)c2cc(C(=O)Nc3ccc(F)c(F)c3)ccc2Cl)C1. The summed E-state index contributed by atoms with van der Waals surface area (Å²) >= 11 is 6.08. The number of anilines is 1. The average Bonchev–Trinajstić information content (AvgIpc) is 2.68. The number of sulfone groups is 1. The van der Waals surface area contributed by atoms with Gasteiger partial charge in [0.15, 0.2) is 21.5 Å². The van der Waals surface area contributed by atoms with E-state index in [2.05, 4.69) is 5.32 Å². The van der Waals surface area contributed by atoms with Gasteiger partial charge in [-0.05, 0) is 50.1 Å². The highest BCUT2D eigenvalue weighted by atomic mass is 35.5. The highest BCUT2D eigenvalue weighted by molar-refractivity contribution is 7.92. The van der Waals surface area contributed by atoms with Gasteiger partial charge in [0.2, 0.25) is 0 Å². The van der Waals surface area contributed by atoms with Crippen LogP contribution in [0.15, 0.2) is 41.3 Å². The number of halogens is 3. The molecule has 1 unspecified atom stereocenters. The zero-order chi connectivity index (χ0) is 23.7. The highest BCUT2D eigenvalue weighted by Crippen LogP contribution is 2.41. The largest absolute Gasteiger partial charge is 0.391 e. The second kappa shape index (κ2) is 9.40. The third-order valence-electron chi connectivity index (χ3n) is 5.06. The zero-order valence-electron chi connectivity index (χ0n) is 17.0. The molecular weight excluding hydrogens is 468 g/mol. The lowest BCUT2D eigenvalue weighted by Crippen LogP contribution is -2.53. The summed E-state index contributed by atoms with van der Waals surface area (Å²) in [6.07, 6.45) is -0.884. The number of carbonyl (C=O) groups excluding carboxylic acids is 1. The van der Waals surface area contributed by atoms with Crippen LogP contribution in [0, 0.1) is 11.6 Å². The van der Waals surface area contributed by atoms with E-state index in [-0.39, 0.29) is 47.2 Å². The van der Waals surface area contributed by atoms with E-state index in [1.54, 1.807) is 0 Å². The minimum atomic E-state index is -3.97. The molecule has 3 rings (SSSR count). The molecule has 1 atom stereocenters. The summed E-state index contributed by atoms with van der Waals surface area (Å²) in [5.74, 6) is -2.95. The Morgan fingerprint density at radius 1 is 1.25 bits per heavy atom. The Morgan fingerprint density at radius 2 is 1.94 bits per heavy atom. The highest BCUT2D eigenvalue weighted by Gasteiger charge is 2.50. The topological polar surface area (TPSA) is 113 Å². The van der Waals surface area contributed by atoms with E-state index in [1.165, 1.54) is 25.1 Å². The number of amides is 1. The molecular formula is C21H22ClF2NO6S. The molecule has 0 radical (unpaired) electrons. The van der Waals surface area contributed by atoms with E-state index in [0.717, 1.165) is 18.2 Å². The summed E-state index contributed by atoms with van der Waals surface area (Å²) in [6, 6.07) is 6.48. The Labute approximate surface area is 188 Å². The van der Waals surface area contributed by atoms with Crippen LogP contribution in [0.4, 0.5) is 14.5 Å². The van der Waals surface area contributed by atoms with E-state index in [0.29, 0.717) is 0 Å². The number of hydrogen-bond acceptors (Lipinski definition) is 6. The normalized spacial score (nSPS) is 21.6. The molecule has 3 N–H and O–H groups in total. The van der Waals surface area contributed by atoms with Gasteiger partial charge < -0.3 is 20.3 Å². The first-order valence-corrected chi connectivity index (χ1v) is 11.6. The molecule has 2 aromatic carbocycles. The second-order valence-electron chi connectivity index (χ2n) is 7.89. The quantitative estimate of drug-likeness (QED) is 0.525. The molecule has 0 aromatic heterocycles. The number of benzene rings is 2. The first-order chi connectivity index (χ1) is 14.9. The van der Waals surface area contributed by atoms with Crippen LogP contribution in [0.2, 0.25) is 5.02 Å². The maximum absolute atomic E-state index is 13.4. The van der Waals surface area contributed by atoms with E-state index in [4.69, 9.17) is 16.3 Å². The van der Waals surface area contributed by atoms with E-state index >= 15 is 0 Å². The fourth-order valence-electron chi connectivity index (χ4n) is 3.36. The molecule has 7 nitrogen and oxygen atoms in total. The molecule has 1 aliphatic rings. The molecule has 2 aromatic rings. The van der Waals surface area contributed by atoms with Crippen LogP contribution in [0.3, 0.4) is 0 Å². The number of ether oxygens (including phenoxy) is 1. The lowest BCUT2D eigenvalue weighted by molar-refractivity contribution is -0.103. The first-order valence-electron chi connectivity index (χ1n) is 9.69. The maximum atomic E-state index is 13.4. The van der Waals surface area contributed by atoms with Crippen LogP contribution < -0.4 is 5.32 Å². The molecule has 1 amide bonds. The van der Waals surface area contributed by atoms with Crippen molar-refractivity contribution < 1.29 is 36.9 Å². The van der Waals surface area contributed by atoms with E-state index < -0.39 is 44.3 Å². The molecule has 0 bridgehead atoms. The summed E-state index contributed by atoms with van der Waals surface area (Å²) in [6.45, 7) is 1.42. The van der Waals surface area contributed by atoms with Gasteiger partial charge in [-0.1, -0.05) is 11.6 Å². The van der Waals surface area contributed by atoms with Crippen molar-refractivity contribution >= 4 is 33.0 Å². The monoisotopic (exact) mass is 489 g/mol. The molecule has 0 spiro atoms. The van der Waals surface area contributed by atoms with Gasteiger partial charge in [0.25, 0.3) is 5.91 Å². The number of hydrogen-bond donors (Lipinski definition) is 3. The predicted molar refractivity (Wildman–Crippen MR) is 113 cm³/mol. The van der Waals surface area contributed by atoms with Gasteiger partial charge in [-0.2, -0.15) is 0 Å². The number of carbonyl (C=O) groups is 1. The fraction of sp³-hybridized carbons (Fsp3) is 0.381. The Kier molecular flexibility index (Phi) is 7.21. The van der Waals surface area contributed by atoms with Crippen molar-refractivity contribution in [3.63, 3.8) is 0 Å². The zero-order valence-corrected chi connectivity index (χ0v) is 18.6. The third-order valence-corrected chi connectivity index (χ3v) is 7.66. The Bertz CT molecular complexity index is 1120. The lowest BCUT2D eigenvalue weighted by Gasteiger charge is -2.42. The summed E-state index contributed by atoms with van der Waals surface area (Å²) in [4.78, 5) is 12.2. The third kappa shape index (κ3) is 5.44. The molecule has 0 aliphatic heterocycles. The van der Waals surface area contributed by atoms with Gasteiger partial charge in [-0.25, -0.2) is 17.2 Å². The Hall–Kier alpha value is -2.11. The minimum absolute atomic E-state index is 0.00508. The molecule has 1 fully saturated rings. The van der Waals surface area contributed by atoms with Crippen molar-refractivity contribution in [3.05, 3.63) is 58.6 Å². The van der Waals surface area contributed by atoms with E-state index in [1.807, 2.05) is 0 Å². The van der Waals surface area contributed by atoms with Gasteiger partial charge in [0.1, 0.15) is 0 Å². The second-order valence-corrected chi connectivity index (χ2v) is 10.5. The maximum Gasteiger partial charge on any atom is 0.255 e. The van der Waals surface area contributed by atoms with Gasteiger partial charge >= 0.3 is 0 Å². The van der Waals surface area contributed by atoms with Crippen molar-refractivity contribution in [1.29, 1.82) is 0 Å². The minimum Gasteiger partial charge on any atom is -0.391 e. The van der Waals surface area contributed by atoms with Gasteiger partial charge in [0, 0.05) is 17.3 Å². The summed E-state index contributed by atoms with van der Waals surface area (Å²) in [7, 11) is -3.97. The van der Waals surface area contributed by atoms with Gasteiger partial charge in [-0.15, -0.1) is 0 Å². The summed E-state index contributed by atoms with van der Waals surface area (Å²) < 4.78 is 57.6. The summed E-state index contributed by atoms with van der Waals surface area (Å²) in [5, 5.41) is 21.0. The van der Waals surface area contributed by atoms with Gasteiger partial charge in [-0.3, -0.25) is 4.79 Å². The summed E-state index contributed by atoms with van der Waals surface area (Å²) in [5.41, 5.74) is -1.39. The van der Waals surface area contributed by atoms with E-state index in [9.17, 15) is 32.2 Å². The van der Waals surface area contributed by atoms with Crippen molar-refractivity contribution in [2.75, 3.05) is 18.5 Å². The first kappa shape index (κ1) is 24.5. The Balaban J connectivity index is 1.73. The number of nitrogens with one attached hydrogen (secondary N) is 1. The lowest BCUT2D eigenvalue weighted by atomic mass is 9.80. The van der Waals surface area contributed by atoms with Crippen LogP contribution in [0.1, 0.15) is 30.1 Å². The molecule has 11 heteroatoms. The molecule has 1 aliphatic carbocycles. The molecule has 0 saturated heterocycles. The van der Waals surface area contributed by atoms with Crippen molar-refractivity contribution in [1.82, 2.24) is 0 Å². The predicted octanol–water partition coefficient (Wildman–Crippen LogP) is 2.94. The Morgan fingerprint density at radius 3 is 2.56 bits per heavy atom. The van der Waals surface area contributed by atoms with Crippen LogP contribution in [-0.2, 0) is 14.6 Å². The number of rotatable bonds is 8. The van der Waals surface area contributed by atoms with Crippen LogP contribution in [0.5, 0.6) is 0 Å². The standard InChI is InChI=1S/C21H22ClF2NO6S/c1-12(26)10-31-11-21(28)8-15(9-21)32(29,30)19-6-13(2-4-16(19)22)20(27)25-14-3-5-17(23)18(24)7-14/h2-7,12,15,26,28H,8-11H2,1H3,(H,25,27). The van der Waals surface area contributed by atoms with Crippen LogP contribution >= 0.6 is 11.6 Å². The number of aliphatic hydroxyl groups excluding tert-OH is 1. The molecule has 0 heterocycles. The van der Waals surface area contributed by atoms with Crippen LogP contribution in [-0.4, -0.2) is 54.7 Å².